The van der Waals surface area contributed by atoms with E-state index < -0.39 is 5.69 Å². The second-order valence-corrected chi connectivity index (χ2v) is 8.59. The van der Waals surface area contributed by atoms with Gasteiger partial charge in [-0.1, -0.05) is 31.0 Å². The molecule has 0 aliphatic rings. The Balaban J connectivity index is 2.20. The molecule has 30 heavy (non-hydrogen) atoms. The lowest BCUT2D eigenvalue weighted by Gasteiger charge is -2.17. The van der Waals surface area contributed by atoms with Crippen LogP contribution in [0.2, 0.25) is 0 Å². The number of nitrogens with zero attached hydrogens (tertiary/aromatic N) is 5. The lowest BCUT2D eigenvalue weighted by atomic mass is 10.1. The summed E-state index contributed by atoms with van der Waals surface area (Å²) in [5, 5.41) is 1.02. The van der Waals surface area contributed by atoms with Crippen LogP contribution in [0.5, 0.6) is 0 Å². The van der Waals surface area contributed by atoms with Crippen molar-refractivity contribution in [1.82, 2.24) is 24.0 Å². The third-order valence-corrected chi connectivity index (χ3v) is 6.24. The molecule has 7 nitrogen and oxygen atoms in total. The second kappa shape index (κ2) is 9.14. The SMILES string of the molecule is CCN(CC)CCSc1nc(-c2cc(C)cc(C)c2)nc2c1c(=O)n(C)c(=O)n2C. The van der Waals surface area contributed by atoms with Crippen LogP contribution in [0.1, 0.15) is 25.0 Å². The van der Waals surface area contributed by atoms with Crippen LogP contribution in [0.15, 0.2) is 32.8 Å². The van der Waals surface area contributed by atoms with Gasteiger partial charge in [-0.05, 0) is 39.1 Å². The van der Waals surface area contributed by atoms with Crippen molar-refractivity contribution in [2.75, 3.05) is 25.4 Å². The molecule has 1 aromatic carbocycles. The minimum Gasteiger partial charge on any atom is -0.303 e. The van der Waals surface area contributed by atoms with Crippen molar-refractivity contribution < 1.29 is 0 Å². The van der Waals surface area contributed by atoms with E-state index >= 15 is 0 Å². The van der Waals surface area contributed by atoms with Crippen LogP contribution < -0.4 is 11.2 Å². The molecule has 0 unspecified atom stereocenters. The monoisotopic (exact) mass is 427 g/mol. The summed E-state index contributed by atoms with van der Waals surface area (Å²) in [6, 6.07) is 6.14. The van der Waals surface area contributed by atoms with E-state index in [0.29, 0.717) is 21.9 Å². The van der Waals surface area contributed by atoms with E-state index in [4.69, 9.17) is 4.98 Å². The van der Waals surface area contributed by atoms with Crippen LogP contribution in [-0.2, 0) is 14.1 Å². The van der Waals surface area contributed by atoms with Gasteiger partial charge in [-0.3, -0.25) is 13.9 Å². The topological polar surface area (TPSA) is 73.0 Å². The molecule has 0 atom stereocenters. The summed E-state index contributed by atoms with van der Waals surface area (Å²) in [6.45, 7) is 11.2. The highest BCUT2D eigenvalue weighted by Crippen LogP contribution is 2.27. The highest BCUT2D eigenvalue weighted by Gasteiger charge is 2.18. The molecule has 2 heterocycles. The van der Waals surface area contributed by atoms with Crippen molar-refractivity contribution in [3.63, 3.8) is 0 Å². The van der Waals surface area contributed by atoms with Gasteiger partial charge in [0.05, 0.1) is 0 Å². The van der Waals surface area contributed by atoms with Crippen molar-refractivity contribution in [2.45, 2.75) is 32.7 Å². The molecule has 0 radical (unpaired) electrons. The van der Waals surface area contributed by atoms with E-state index in [0.717, 1.165) is 46.6 Å². The Morgan fingerprint density at radius 3 is 2.20 bits per heavy atom. The number of aromatic nitrogens is 4. The highest BCUT2D eigenvalue weighted by atomic mass is 32.2. The predicted molar refractivity (Wildman–Crippen MR) is 123 cm³/mol. The first-order valence-corrected chi connectivity index (χ1v) is 11.2. The maximum Gasteiger partial charge on any atom is 0.332 e. The van der Waals surface area contributed by atoms with Gasteiger partial charge >= 0.3 is 5.69 Å². The largest absolute Gasteiger partial charge is 0.332 e. The van der Waals surface area contributed by atoms with Gasteiger partial charge in [0.1, 0.15) is 10.4 Å². The molecular formula is C22H29N5O2S. The highest BCUT2D eigenvalue weighted by molar-refractivity contribution is 7.99. The number of benzene rings is 1. The maximum absolute atomic E-state index is 12.9. The Morgan fingerprint density at radius 1 is 0.967 bits per heavy atom. The summed E-state index contributed by atoms with van der Waals surface area (Å²) in [7, 11) is 3.14. The average Bonchev–Trinajstić information content (AvgIpc) is 2.72. The van der Waals surface area contributed by atoms with Crippen molar-refractivity contribution in [1.29, 1.82) is 0 Å². The molecule has 0 N–H and O–H groups in total. The van der Waals surface area contributed by atoms with Crippen molar-refractivity contribution in [2.24, 2.45) is 14.1 Å². The third-order valence-electron chi connectivity index (χ3n) is 5.29. The summed E-state index contributed by atoms with van der Waals surface area (Å²) in [6.07, 6.45) is 0. The molecule has 3 aromatic rings. The molecule has 3 rings (SSSR count). The van der Waals surface area contributed by atoms with Gasteiger partial charge < -0.3 is 4.90 Å². The van der Waals surface area contributed by atoms with Gasteiger partial charge in [0, 0.05) is 32.0 Å². The fourth-order valence-corrected chi connectivity index (χ4v) is 4.59. The number of hydrogen-bond donors (Lipinski definition) is 0. The van der Waals surface area contributed by atoms with Gasteiger partial charge in [-0.15, -0.1) is 11.8 Å². The summed E-state index contributed by atoms with van der Waals surface area (Å²) in [5.41, 5.74) is 2.73. The molecule has 8 heteroatoms. The third kappa shape index (κ3) is 4.34. The zero-order chi connectivity index (χ0) is 22.0. The molecule has 0 saturated carbocycles. The van der Waals surface area contributed by atoms with Crippen LogP contribution in [-0.4, -0.2) is 49.4 Å². The maximum atomic E-state index is 12.9. The fraction of sp³-hybridized carbons (Fsp3) is 0.455. The molecule has 160 valence electrons. The molecule has 2 aromatic heterocycles. The fourth-order valence-electron chi connectivity index (χ4n) is 3.58. The Hall–Kier alpha value is -2.45. The standard InChI is InChI=1S/C22H29N5O2S/c1-7-27(8-2)9-10-30-20-17-19(25(5)22(29)26(6)21(17)28)23-18(24-20)16-12-14(3)11-15(4)13-16/h11-13H,7-10H2,1-6H3. The lowest BCUT2D eigenvalue weighted by molar-refractivity contribution is 0.324. The van der Waals surface area contributed by atoms with Gasteiger partial charge in [-0.25, -0.2) is 14.8 Å². The van der Waals surface area contributed by atoms with Gasteiger partial charge in [0.2, 0.25) is 0 Å². The minimum atomic E-state index is -0.392. The summed E-state index contributed by atoms with van der Waals surface area (Å²) in [4.78, 5) is 37.2. The van der Waals surface area contributed by atoms with Crippen LogP contribution in [0.4, 0.5) is 0 Å². The molecule has 0 saturated heterocycles. The van der Waals surface area contributed by atoms with E-state index in [-0.39, 0.29) is 5.56 Å². The van der Waals surface area contributed by atoms with Crippen molar-refractivity contribution in [3.8, 4) is 11.4 Å². The Labute approximate surface area is 180 Å². The van der Waals surface area contributed by atoms with Crippen LogP contribution in [0.3, 0.4) is 0 Å². The number of rotatable bonds is 7. The first-order chi connectivity index (χ1) is 14.3. The summed E-state index contributed by atoms with van der Waals surface area (Å²) in [5.74, 6) is 1.33. The molecular weight excluding hydrogens is 398 g/mol. The first kappa shape index (κ1) is 22.2. The van der Waals surface area contributed by atoms with E-state index in [2.05, 4.69) is 29.8 Å². The zero-order valence-electron chi connectivity index (χ0n) is 18.5. The zero-order valence-corrected chi connectivity index (χ0v) is 19.3. The van der Waals surface area contributed by atoms with E-state index in [1.54, 1.807) is 18.8 Å². The van der Waals surface area contributed by atoms with Crippen molar-refractivity contribution >= 4 is 22.8 Å². The molecule has 0 bridgehead atoms. The molecule has 0 fully saturated rings. The molecule has 0 spiro atoms. The quantitative estimate of drug-likeness (QED) is 0.426. The van der Waals surface area contributed by atoms with E-state index in [1.165, 1.54) is 11.6 Å². The lowest BCUT2D eigenvalue weighted by Crippen LogP contribution is -2.37. The van der Waals surface area contributed by atoms with Crippen LogP contribution in [0, 0.1) is 13.8 Å². The van der Waals surface area contributed by atoms with Crippen molar-refractivity contribution in [3.05, 3.63) is 50.2 Å². The summed E-state index contributed by atoms with van der Waals surface area (Å²) >= 11 is 1.54. The predicted octanol–water partition coefficient (Wildman–Crippen LogP) is 2.74. The van der Waals surface area contributed by atoms with E-state index in [1.807, 2.05) is 26.0 Å². The molecule has 0 aliphatic carbocycles. The minimum absolute atomic E-state index is 0.356. The summed E-state index contributed by atoms with van der Waals surface area (Å²) < 4.78 is 2.55. The number of aryl methyl sites for hydroxylation is 3. The Morgan fingerprint density at radius 2 is 1.60 bits per heavy atom. The smallest absolute Gasteiger partial charge is 0.303 e. The number of fused-ring (bicyclic) bond motifs is 1. The first-order valence-electron chi connectivity index (χ1n) is 10.2. The Bertz CT molecular complexity index is 1170. The molecule has 0 aliphatic heterocycles. The van der Waals surface area contributed by atoms with Gasteiger partial charge in [-0.2, -0.15) is 0 Å². The number of hydrogen-bond acceptors (Lipinski definition) is 6. The van der Waals surface area contributed by atoms with Gasteiger partial charge in [0.25, 0.3) is 5.56 Å². The normalized spacial score (nSPS) is 11.6. The average molecular weight is 428 g/mol. The van der Waals surface area contributed by atoms with E-state index in [9.17, 15) is 9.59 Å². The van der Waals surface area contributed by atoms with Crippen LogP contribution in [0.25, 0.3) is 22.4 Å². The Kier molecular flexibility index (Phi) is 6.77. The second-order valence-electron chi connectivity index (χ2n) is 7.51. The van der Waals surface area contributed by atoms with Crippen LogP contribution >= 0.6 is 11.8 Å². The molecule has 0 amide bonds. The number of thioether (sulfide) groups is 1. The van der Waals surface area contributed by atoms with Gasteiger partial charge in [0.15, 0.2) is 11.5 Å².